The lowest BCUT2D eigenvalue weighted by molar-refractivity contribution is -0.120. The number of benzene rings is 1. The van der Waals surface area contributed by atoms with Crippen LogP contribution in [0.15, 0.2) is 18.2 Å². The highest BCUT2D eigenvalue weighted by molar-refractivity contribution is 5.77. The van der Waals surface area contributed by atoms with E-state index in [2.05, 4.69) is 5.32 Å². The summed E-state index contributed by atoms with van der Waals surface area (Å²) in [6.45, 7) is -0.121. The Bertz CT molecular complexity index is 412. The van der Waals surface area contributed by atoms with E-state index < -0.39 is 17.5 Å². The third-order valence-electron chi connectivity index (χ3n) is 1.72. The van der Waals surface area contributed by atoms with E-state index >= 15 is 0 Å². The van der Waals surface area contributed by atoms with Crippen LogP contribution in [0.3, 0.4) is 0 Å². The van der Waals surface area contributed by atoms with E-state index in [1.807, 2.05) is 0 Å². The number of rotatable bonds is 3. The number of carbonyl (C=O) groups is 1. The second kappa shape index (κ2) is 5.05. The minimum absolute atomic E-state index is 0.0567. The van der Waals surface area contributed by atoms with Crippen LogP contribution >= 0.6 is 0 Å². The number of hydrogen-bond donors (Lipinski definition) is 1. The fourth-order valence-electron chi connectivity index (χ4n) is 1.01. The maximum absolute atomic E-state index is 13.0. The Hall–Kier alpha value is -1.96. The molecule has 3 nitrogen and oxygen atoms in total. The van der Waals surface area contributed by atoms with E-state index in [1.165, 1.54) is 0 Å². The first-order chi connectivity index (χ1) is 7.13. The lowest BCUT2D eigenvalue weighted by Gasteiger charge is -2.04. The third-order valence-corrected chi connectivity index (χ3v) is 1.72. The summed E-state index contributed by atoms with van der Waals surface area (Å²) in [7, 11) is 0. The van der Waals surface area contributed by atoms with Crippen LogP contribution in [0.5, 0.6) is 0 Å². The van der Waals surface area contributed by atoms with Crippen LogP contribution in [-0.2, 0) is 11.3 Å². The number of nitrogens with one attached hydrogen (secondary N) is 1. The largest absolute Gasteiger partial charge is 0.351 e. The van der Waals surface area contributed by atoms with Crippen LogP contribution < -0.4 is 5.32 Å². The molecule has 0 aliphatic carbocycles. The van der Waals surface area contributed by atoms with Gasteiger partial charge in [-0.25, -0.2) is 8.78 Å². The van der Waals surface area contributed by atoms with E-state index in [0.29, 0.717) is 0 Å². The molecule has 0 radical (unpaired) electrons. The van der Waals surface area contributed by atoms with Gasteiger partial charge in [-0.05, 0) is 18.2 Å². The van der Waals surface area contributed by atoms with Gasteiger partial charge in [0, 0.05) is 12.1 Å². The van der Waals surface area contributed by atoms with E-state index in [1.54, 1.807) is 6.07 Å². The van der Waals surface area contributed by atoms with Gasteiger partial charge in [-0.15, -0.1) is 0 Å². The average molecular weight is 210 g/mol. The van der Waals surface area contributed by atoms with Crippen molar-refractivity contribution in [3.8, 4) is 6.07 Å². The topological polar surface area (TPSA) is 52.9 Å². The van der Waals surface area contributed by atoms with Crippen LogP contribution in [-0.4, -0.2) is 5.91 Å². The van der Waals surface area contributed by atoms with Gasteiger partial charge < -0.3 is 5.32 Å². The molecule has 1 N–H and O–H groups in total. The zero-order chi connectivity index (χ0) is 11.3. The molecule has 0 saturated carbocycles. The van der Waals surface area contributed by atoms with Crippen LogP contribution in [0.2, 0.25) is 0 Å². The Morgan fingerprint density at radius 1 is 1.47 bits per heavy atom. The molecule has 0 aromatic heterocycles. The normalized spacial score (nSPS) is 9.40. The number of carbonyl (C=O) groups excluding carboxylic acids is 1. The first-order valence-corrected chi connectivity index (χ1v) is 4.21. The lowest BCUT2D eigenvalue weighted by Crippen LogP contribution is -2.22. The van der Waals surface area contributed by atoms with Crippen molar-refractivity contribution in [2.45, 2.75) is 13.0 Å². The molecule has 0 saturated heterocycles. The van der Waals surface area contributed by atoms with Gasteiger partial charge in [0.25, 0.3) is 0 Å². The molecule has 1 amide bonds. The summed E-state index contributed by atoms with van der Waals surface area (Å²) in [5.74, 6) is -1.67. The predicted molar refractivity (Wildman–Crippen MR) is 48.4 cm³/mol. The molecule has 15 heavy (non-hydrogen) atoms. The third kappa shape index (κ3) is 3.35. The maximum atomic E-state index is 13.0. The summed E-state index contributed by atoms with van der Waals surface area (Å²) in [4.78, 5) is 10.9. The average Bonchev–Trinajstić information content (AvgIpc) is 2.20. The van der Waals surface area contributed by atoms with Crippen molar-refractivity contribution in [3.63, 3.8) is 0 Å². The minimum atomic E-state index is -0.589. The molecule has 0 atom stereocenters. The Balaban J connectivity index is 2.61. The molecule has 5 heteroatoms. The van der Waals surface area contributed by atoms with Crippen molar-refractivity contribution in [1.82, 2.24) is 5.32 Å². The molecule has 1 aromatic rings. The molecular formula is C10H8F2N2O. The Morgan fingerprint density at radius 3 is 2.87 bits per heavy atom. The van der Waals surface area contributed by atoms with Crippen molar-refractivity contribution in [3.05, 3.63) is 35.4 Å². The highest BCUT2D eigenvalue weighted by atomic mass is 19.1. The van der Waals surface area contributed by atoms with Crippen LogP contribution in [0.25, 0.3) is 0 Å². The highest BCUT2D eigenvalue weighted by Crippen LogP contribution is 2.09. The molecular weight excluding hydrogens is 202 g/mol. The molecule has 1 aromatic carbocycles. The standard InChI is InChI=1S/C10H8F2N2O/c11-8-1-2-9(12)7(5-8)6-14-10(15)3-4-13/h1-2,5H,3,6H2,(H,14,15). The zero-order valence-electron chi connectivity index (χ0n) is 7.76. The minimum Gasteiger partial charge on any atom is -0.351 e. The summed E-state index contributed by atoms with van der Waals surface area (Å²) in [5.41, 5.74) is 0.0567. The SMILES string of the molecule is N#CCC(=O)NCc1cc(F)ccc1F. The molecule has 0 fully saturated rings. The quantitative estimate of drug-likeness (QED) is 0.821. The summed E-state index contributed by atoms with van der Waals surface area (Å²) < 4.78 is 25.7. The number of halogens is 2. The summed E-state index contributed by atoms with van der Waals surface area (Å²) in [6.07, 6.45) is -0.295. The number of nitriles is 1. The van der Waals surface area contributed by atoms with Gasteiger partial charge in [0.15, 0.2) is 0 Å². The molecule has 0 heterocycles. The predicted octanol–water partition coefficient (Wildman–Crippen LogP) is 1.49. The highest BCUT2D eigenvalue weighted by Gasteiger charge is 2.05. The molecule has 0 aliphatic rings. The van der Waals surface area contributed by atoms with Crippen LogP contribution in [0, 0.1) is 23.0 Å². The van der Waals surface area contributed by atoms with Gasteiger partial charge in [-0.2, -0.15) is 5.26 Å². The number of nitrogens with zero attached hydrogens (tertiary/aromatic N) is 1. The number of hydrogen-bond acceptors (Lipinski definition) is 2. The van der Waals surface area contributed by atoms with Gasteiger partial charge in [0.1, 0.15) is 18.1 Å². The van der Waals surface area contributed by atoms with Gasteiger partial charge in [-0.3, -0.25) is 4.79 Å². The first kappa shape index (κ1) is 11.1. The monoisotopic (exact) mass is 210 g/mol. The summed E-state index contributed by atoms with van der Waals surface area (Å²) >= 11 is 0. The summed E-state index contributed by atoms with van der Waals surface area (Å²) in [5, 5.41) is 10.5. The lowest BCUT2D eigenvalue weighted by atomic mass is 10.2. The molecule has 1 rings (SSSR count). The Labute approximate surface area is 85.3 Å². The van der Waals surface area contributed by atoms with Crippen molar-refractivity contribution in [1.29, 1.82) is 5.26 Å². The Kier molecular flexibility index (Phi) is 3.75. The van der Waals surface area contributed by atoms with Crippen molar-refractivity contribution in [2.75, 3.05) is 0 Å². The van der Waals surface area contributed by atoms with Crippen molar-refractivity contribution in [2.24, 2.45) is 0 Å². The second-order valence-corrected chi connectivity index (χ2v) is 2.85. The first-order valence-electron chi connectivity index (χ1n) is 4.21. The number of amides is 1. The molecule has 0 spiro atoms. The van der Waals surface area contributed by atoms with Crippen molar-refractivity contribution < 1.29 is 13.6 Å². The molecule has 78 valence electrons. The molecule has 0 unspecified atom stereocenters. The zero-order valence-corrected chi connectivity index (χ0v) is 7.76. The summed E-state index contributed by atoms with van der Waals surface area (Å²) in [6, 6.07) is 4.64. The van der Waals surface area contributed by atoms with Gasteiger partial charge in [0.2, 0.25) is 5.91 Å². The van der Waals surface area contributed by atoms with Crippen molar-refractivity contribution >= 4 is 5.91 Å². The smallest absolute Gasteiger partial charge is 0.234 e. The van der Waals surface area contributed by atoms with Crippen LogP contribution in [0.1, 0.15) is 12.0 Å². The van der Waals surface area contributed by atoms with Gasteiger partial charge in [-0.1, -0.05) is 0 Å². The van der Waals surface area contributed by atoms with E-state index in [0.717, 1.165) is 18.2 Å². The van der Waals surface area contributed by atoms with E-state index in [9.17, 15) is 13.6 Å². The molecule has 0 bridgehead atoms. The van der Waals surface area contributed by atoms with Gasteiger partial charge in [0.05, 0.1) is 6.07 Å². The van der Waals surface area contributed by atoms with E-state index in [-0.39, 0.29) is 18.5 Å². The second-order valence-electron chi connectivity index (χ2n) is 2.85. The van der Waals surface area contributed by atoms with Gasteiger partial charge >= 0.3 is 0 Å². The Morgan fingerprint density at radius 2 is 2.20 bits per heavy atom. The fourth-order valence-corrected chi connectivity index (χ4v) is 1.01. The van der Waals surface area contributed by atoms with E-state index in [4.69, 9.17) is 5.26 Å². The van der Waals surface area contributed by atoms with Crippen LogP contribution in [0.4, 0.5) is 8.78 Å². The molecule has 0 aliphatic heterocycles. The maximum Gasteiger partial charge on any atom is 0.234 e. The fraction of sp³-hybridized carbons (Fsp3) is 0.200.